The minimum absolute atomic E-state index is 0.914. The minimum atomic E-state index is 0.914. The molecule has 2 nitrogen and oxygen atoms in total. The van der Waals surface area contributed by atoms with Crippen LogP contribution in [0.5, 0.6) is 5.75 Å². The first-order chi connectivity index (χ1) is 9.28. The summed E-state index contributed by atoms with van der Waals surface area (Å²) in [7, 11) is 1.71. The van der Waals surface area contributed by atoms with Crippen LogP contribution in [-0.4, -0.2) is 13.7 Å². The molecule has 0 saturated heterocycles. The maximum absolute atomic E-state index is 5.26. The zero-order chi connectivity index (χ0) is 13.2. The van der Waals surface area contributed by atoms with E-state index in [-0.39, 0.29) is 0 Å². The van der Waals surface area contributed by atoms with E-state index in [1.165, 1.54) is 40.8 Å². The highest BCUT2D eigenvalue weighted by molar-refractivity contribution is 5.73. The van der Waals surface area contributed by atoms with E-state index < -0.39 is 0 Å². The van der Waals surface area contributed by atoms with Gasteiger partial charge in [0.1, 0.15) is 5.75 Å². The maximum Gasteiger partial charge on any atom is 0.119 e. The Balaban J connectivity index is 2.02. The van der Waals surface area contributed by atoms with Crippen LogP contribution in [0, 0.1) is 6.92 Å². The first-order valence-corrected chi connectivity index (χ1v) is 6.80. The van der Waals surface area contributed by atoms with E-state index in [0.29, 0.717) is 0 Å². The summed E-state index contributed by atoms with van der Waals surface area (Å²) in [5.74, 6) is 0.914. The molecule has 2 heteroatoms. The first-order valence-electron chi connectivity index (χ1n) is 6.80. The summed E-state index contributed by atoms with van der Waals surface area (Å²) in [4.78, 5) is 0. The van der Waals surface area contributed by atoms with Crippen molar-refractivity contribution in [2.24, 2.45) is 0 Å². The lowest BCUT2D eigenvalue weighted by Gasteiger charge is -2.19. The molecule has 0 fully saturated rings. The maximum atomic E-state index is 5.26. The number of rotatable bonds is 2. The Kier molecular flexibility index (Phi) is 3.16. The van der Waals surface area contributed by atoms with Gasteiger partial charge < -0.3 is 10.1 Å². The van der Waals surface area contributed by atoms with Crippen molar-refractivity contribution in [3.05, 3.63) is 47.5 Å². The van der Waals surface area contributed by atoms with E-state index in [4.69, 9.17) is 4.74 Å². The van der Waals surface area contributed by atoms with Crippen LogP contribution in [0.1, 0.15) is 17.5 Å². The largest absolute Gasteiger partial charge is 0.497 e. The summed E-state index contributed by atoms with van der Waals surface area (Å²) in [6, 6.07) is 13.0. The summed E-state index contributed by atoms with van der Waals surface area (Å²) in [6.07, 6.45) is 2.41. The molecular weight excluding hydrogens is 234 g/mol. The van der Waals surface area contributed by atoms with E-state index >= 15 is 0 Å². The molecule has 19 heavy (non-hydrogen) atoms. The Morgan fingerprint density at radius 1 is 1.11 bits per heavy atom. The second-order valence-electron chi connectivity index (χ2n) is 5.08. The second kappa shape index (κ2) is 4.96. The molecule has 2 aromatic carbocycles. The fourth-order valence-corrected chi connectivity index (χ4v) is 2.72. The van der Waals surface area contributed by atoms with E-state index in [1.54, 1.807) is 7.11 Å². The zero-order valence-corrected chi connectivity index (χ0v) is 11.5. The Hall–Kier alpha value is -1.96. The van der Waals surface area contributed by atoms with Gasteiger partial charge in [0, 0.05) is 12.2 Å². The Morgan fingerprint density at radius 3 is 2.79 bits per heavy atom. The van der Waals surface area contributed by atoms with Crippen molar-refractivity contribution in [2.75, 3.05) is 19.0 Å². The van der Waals surface area contributed by atoms with E-state index in [9.17, 15) is 0 Å². The highest BCUT2D eigenvalue weighted by atomic mass is 16.5. The molecular formula is C17H19NO. The summed E-state index contributed by atoms with van der Waals surface area (Å²) in [6.45, 7) is 3.21. The van der Waals surface area contributed by atoms with Gasteiger partial charge >= 0.3 is 0 Å². The quantitative estimate of drug-likeness (QED) is 0.872. The van der Waals surface area contributed by atoms with Gasteiger partial charge in [-0.1, -0.05) is 18.2 Å². The SMILES string of the molecule is COc1ccc(-c2ccc3c(c2)NCCC3)c(C)c1. The van der Waals surface area contributed by atoms with E-state index in [0.717, 1.165) is 12.3 Å². The molecule has 0 spiro atoms. The van der Waals surface area contributed by atoms with Crippen molar-refractivity contribution in [3.63, 3.8) is 0 Å². The van der Waals surface area contributed by atoms with Crippen LogP contribution in [-0.2, 0) is 6.42 Å². The van der Waals surface area contributed by atoms with Gasteiger partial charge in [-0.2, -0.15) is 0 Å². The summed E-state index contributed by atoms with van der Waals surface area (Å²) in [5, 5.41) is 3.49. The number of anilines is 1. The monoisotopic (exact) mass is 253 g/mol. The lowest BCUT2D eigenvalue weighted by atomic mass is 9.95. The smallest absolute Gasteiger partial charge is 0.119 e. The number of nitrogens with one attached hydrogen (secondary N) is 1. The topological polar surface area (TPSA) is 21.3 Å². The van der Waals surface area contributed by atoms with Crippen molar-refractivity contribution in [1.29, 1.82) is 0 Å². The normalized spacial score (nSPS) is 13.6. The fraction of sp³-hybridized carbons (Fsp3) is 0.294. The van der Waals surface area contributed by atoms with Crippen molar-refractivity contribution >= 4 is 5.69 Å². The molecule has 0 saturated carbocycles. The third kappa shape index (κ3) is 2.30. The summed E-state index contributed by atoms with van der Waals surface area (Å²) in [5.41, 5.74) is 6.51. The molecule has 0 unspecified atom stereocenters. The highest BCUT2D eigenvalue weighted by Gasteiger charge is 2.10. The van der Waals surface area contributed by atoms with Crippen LogP contribution in [0.15, 0.2) is 36.4 Å². The van der Waals surface area contributed by atoms with Crippen LogP contribution in [0.2, 0.25) is 0 Å². The zero-order valence-electron chi connectivity index (χ0n) is 11.5. The Morgan fingerprint density at radius 2 is 2.00 bits per heavy atom. The van der Waals surface area contributed by atoms with Gasteiger partial charge in [0.25, 0.3) is 0 Å². The standard InChI is InChI=1S/C17H19NO/c1-12-10-15(19-2)7-8-16(12)14-6-5-13-4-3-9-18-17(13)11-14/h5-8,10-11,18H,3-4,9H2,1-2H3. The average molecular weight is 253 g/mol. The number of aryl methyl sites for hydroxylation is 2. The summed E-state index contributed by atoms with van der Waals surface area (Å²) < 4.78 is 5.26. The van der Waals surface area contributed by atoms with Gasteiger partial charge in [-0.15, -0.1) is 0 Å². The van der Waals surface area contributed by atoms with Gasteiger partial charge in [0.2, 0.25) is 0 Å². The molecule has 98 valence electrons. The molecule has 0 aromatic heterocycles. The molecule has 1 N–H and O–H groups in total. The van der Waals surface area contributed by atoms with Crippen LogP contribution < -0.4 is 10.1 Å². The summed E-state index contributed by atoms with van der Waals surface area (Å²) >= 11 is 0. The number of methoxy groups -OCH3 is 1. The average Bonchev–Trinajstić information content (AvgIpc) is 2.46. The van der Waals surface area contributed by atoms with Crippen LogP contribution >= 0.6 is 0 Å². The second-order valence-corrected chi connectivity index (χ2v) is 5.08. The van der Waals surface area contributed by atoms with Crippen molar-refractivity contribution in [3.8, 4) is 16.9 Å². The molecule has 1 aliphatic rings. The number of hydrogen-bond donors (Lipinski definition) is 1. The Bertz CT molecular complexity index is 604. The lowest BCUT2D eigenvalue weighted by molar-refractivity contribution is 0.414. The lowest BCUT2D eigenvalue weighted by Crippen LogP contribution is -2.11. The fourth-order valence-electron chi connectivity index (χ4n) is 2.72. The van der Waals surface area contributed by atoms with Crippen LogP contribution in [0.4, 0.5) is 5.69 Å². The predicted molar refractivity (Wildman–Crippen MR) is 80.0 cm³/mol. The third-order valence-electron chi connectivity index (χ3n) is 3.79. The van der Waals surface area contributed by atoms with Gasteiger partial charge in [-0.3, -0.25) is 0 Å². The third-order valence-corrected chi connectivity index (χ3v) is 3.79. The molecule has 1 heterocycles. The van der Waals surface area contributed by atoms with Crippen LogP contribution in [0.3, 0.4) is 0 Å². The molecule has 0 bridgehead atoms. The van der Waals surface area contributed by atoms with E-state index in [1.807, 2.05) is 6.07 Å². The number of hydrogen-bond acceptors (Lipinski definition) is 2. The predicted octanol–water partition coefficient (Wildman–Crippen LogP) is 4.03. The minimum Gasteiger partial charge on any atom is -0.497 e. The van der Waals surface area contributed by atoms with Crippen molar-refractivity contribution in [1.82, 2.24) is 0 Å². The first kappa shape index (κ1) is 12.1. The van der Waals surface area contributed by atoms with Crippen molar-refractivity contribution in [2.45, 2.75) is 19.8 Å². The highest BCUT2D eigenvalue weighted by Crippen LogP contribution is 2.31. The molecule has 0 radical (unpaired) electrons. The molecule has 3 rings (SSSR count). The van der Waals surface area contributed by atoms with Gasteiger partial charge in [-0.05, 0) is 60.2 Å². The Labute approximate surface area is 114 Å². The molecule has 0 aliphatic carbocycles. The van der Waals surface area contributed by atoms with Crippen LogP contribution in [0.25, 0.3) is 11.1 Å². The van der Waals surface area contributed by atoms with Gasteiger partial charge in [0.05, 0.1) is 7.11 Å². The van der Waals surface area contributed by atoms with E-state index in [2.05, 4.69) is 42.6 Å². The molecule has 0 amide bonds. The van der Waals surface area contributed by atoms with Gasteiger partial charge in [-0.25, -0.2) is 0 Å². The number of fused-ring (bicyclic) bond motifs is 1. The molecule has 0 atom stereocenters. The molecule has 2 aromatic rings. The number of benzene rings is 2. The van der Waals surface area contributed by atoms with Crippen molar-refractivity contribution < 1.29 is 4.74 Å². The van der Waals surface area contributed by atoms with Gasteiger partial charge in [0.15, 0.2) is 0 Å². The number of ether oxygens (including phenoxy) is 1. The molecule has 1 aliphatic heterocycles.